The average molecular weight is 515 g/mol. The van der Waals surface area contributed by atoms with Crippen molar-refractivity contribution in [1.82, 2.24) is 9.80 Å². The molecule has 0 bridgehead atoms. The molecule has 0 saturated carbocycles. The second-order valence-electron chi connectivity index (χ2n) is 10.0. The molecule has 3 aliphatic heterocycles. The van der Waals surface area contributed by atoms with Crippen LogP contribution in [0.2, 0.25) is 0 Å². The summed E-state index contributed by atoms with van der Waals surface area (Å²) in [7, 11) is 0. The van der Waals surface area contributed by atoms with E-state index in [4.69, 9.17) is 10.5 Å². The fourth-order valence-corrected chi connectivity index (χ4v) is 5.63. The van der Waals surface area contributed by atoms with Crippen molar-refractivity contribution >= 4 is 29.4 Å². The maximum atomic E-state index is 13.3. The molecule has 5 atom stereocenters. The standard InChI is InChI=1S/C25H30N4O8/c1-13-18(12-27-10-9-15(11-27)3-8-19(26)31)22(28-21(13)20(14(2)30)23(28)32)25(34)37-24(33)16-4-6-17(7-5-16)29(35)36/h4-7,13-15,20-21,30H,3,8-12H2,1-2H3,(H2,26,31)/t13-,14+,15-,20+,21+/m0/s1. The third kappa shape index (κ3) is 5.12. The van der Waals surface area contributed by atoms with E-state index in [1.807, 2.05) is 6.92 Å². The molecule has 2 fully saturated rings. The molecular weight excluding hydrogens is 484 g/mol. The summed E-state index contributed by atoms with van der Waals surface area (Å²) in [5, 5.41) is 21.0. The van der Waals surface area contributed by atoms with Gasteiger partial charge in [-0.05, 0) is 49.9 Å². The van der Waals surface area contributed by atoms with Crippen molar-refractivity contribution in [2.75, 3.05) is 19.6 Å². The summed E-state index contributed by atoms with van der Waals surface area (Å²) in [6.45, 7) is 5.23. The lowest BCUT2D eigenvalue weighted by molar-refractivity contribution is -0.384. The Balaban J connectivity index is 1.54. The van der Waals surface area contributed by atoms with Crippen LogP contribution in [0.25, 0.3) is 0 Å². The van der Waals surface area contributed by atoms with E-state index in [0.717, 1.165) is 25.1 Å². The van der Waals surface area contributed by atoms with Crippen molar-refractivity contribution in [3.05, 3.63) is 51.2 Å². The molecule has 1 aromatic rings. The summed E-state index contributed by atoms with van der Waals surface area (Å²) < 4.78 is 5.11. The summed E-state index contributed by atoms with van der Waals surface area (Å²) >= 11 is 0. The monoisotopic (exact) mass is 514 g/mol. The number of ether oxygens (including phenoxy) is 1. The van der Waals surface area contributed by atoms with E-state index in [1.54, 1.807) is 0 Å². The van der Waals surface area contributed by atoms with Crippen molar-refractivity contribution in [2.24, 2.45) is 23.5 Å². The van der Waals surface area contributed by atoms with Crippen LogP contribution in [-0.4, -0.2) is 75.4 Å². The smallest absolute Gasteiger partial charge is 0.362 e. The van der Waals surface area contributed by atoms with Crippen LogP contribution in [0, 0.1) is 27.9 Å². The van der Waals surface area contributed by atoms with Crippen LogP contribution in [0.4, 0.5) is 5.69 Å². The number of likely N-dealkylation sites (tertiary alicyclic amines) is 1. The number of benzene rings is 1. The van der Waals surface area contributed by atoms with Gasteiger partial charge >= 0.3 is 11.9 Å². The number of non-ortho nitro benzene ring substituents is 1. The van der Waals surface area contributed by atoms with Gasteiger partial charge in [0, 0.05) is 37.6 Å². The summed E-state index contributed by atoms with van der Waals surface area (Å²) in [6.07, 6.45) is 0.950. The number of nitro benzene ring substituents is 1. The van der Waals surface area contributed by atoms with E-state index in [-0.39, 0.29) is 34.7 Å². The van der Waals surface area contributed by atoms with E-state index >= 15 is 0 Å². The Morgan fingerprint density at radius 2 is 1.92 bits per heavy atom. The maximum Gasteiger partial charge on any atom is 0.362 e. The Kier molecular flexibility index (Phi) is 7.42. The fourth-order valence-electron chi connectivity index (χ4n) is 5.63. The topological polar surface area (TPSA) is 173 Å². The first-order chi connectivity index (χ1) is 17.5. The molecule has 3 N–H and O–H groups in total. The number of hydrogen-bond acceptors (Lipinski definition) is 9. The molecule has 0 radical (unpaired) electrons. The van der Waals surface area contributed by atoms with E-state index < -0.39 is 40.8 Å². The minimum Gasteiger partial charge on any atom is -0.393 e. The van der Waals surface area contributed by atoms with Gasteiger partial charge in [0.2, 0.25) is 11.8 Å². The van der Waals surface area contributed by atoms with Gasteiger partial charge in [0.1, 0.15) is 5.70 Å². The van der Waals surface area contributed by atoms with Gasteiger partial charge in [0.25, 0.3) is 5.69 Å². The Morgan fingerprint density at radius 1 is 1.24 bits per heavy atom. The second kappa shape index (κ2) is 10.4. The summed E-state index contributed by atoms with van der Waals surface area (Å²) in [6, 6.07) is 4.23. The normalized spacial score (nSPS) is 26.0. The minimum absolute atomic E-state index is 0.00949. The average Bonchev–Trinajstić information content (AvgIpc) is 3.38. The zero-order valence-electron chi connectivity index (χ0n) is 20.7. The lowest BCUT2D eigenvalue weighted by Gasteiger charge is -2.46. The minimum atomic E-state index is -0.990. The first-order valence-corrected chi connectivity index (χ1v) is 12.2. The highest BCUT2D eigenvalue weighted by atomic mass is 16.6. The third-order valence-corrected chi connectivity index (χ3v) is 7.57. The van der Waals surface area contributed by atoms with Gasteiger partial charge < -0.3 is 20.5 Å². The van der Waals surface area contributed by atoms with Crippen LogP contribution in [0.3, 0.4) is 0 Å². The van der Waals surface area contributed by atoms with Crippen LogP contribution in [0.5, 0.6) is 0 Å². The highest BCUT2D eigenvalue weighted by molar-refractivity contribution is 6.06. The molecule has 0 aromatic heterocycles. The fraction of sp³-hybridized carbons (Fsp3) is 0.520. The number of nitrogens with zero attached hydrogens (tertiary/aromatic N) is 3. The first kappa shape index (κ1) is 26.4. The van der Waals surface area contributed by atoms with Gasteiger partial charge in [-0.3, -0.25) is 24.6 Å². The number of rotatable bonds is 9. The van der Waals surface area contributed by atoms with Crippen molar-refractivity contribution in [3.8, 4) is 0 Å². The molecule has 0 aliphatic carbocycles. The highest BCUT2D eigenvalue weighted by Gasteiger charge is 2.60. The van der Waals surface area contributed by atoms with Gasteiger partial charge in [0.15, 0.2) is 0 Å². The first-order valence-electron chi connectivity index (χ1n) is 12.2. The number of esters is 2. The second-order valence-corrected chi connectivity index (χ2v) is 10.0. The SMILES string of the molecule is C[C@@H](O)[C@H]1C(=O)N2C(C(=O)OC(=O)c3ccc([N+](=O)[O-])cc3)=C(CN3CC[C@H](CCC(N)=O)C3)[C@H](C)[C@H]12. The Hall–Kier alpha value is -3.64. The molecule has 4 rings (SSSR count). The zero-order valence-corrected chi connectivity index (χ0v) is 20.7. The lowest BCUT2D eigenvalue weighted by atomic mass is 9.77. The number of aliphatic hydroxyl groups excluding tert-OH is 1. The molecule has 0 unspecified atom stereocenters. The number of amides is 2. The van der Waals surface area contributed by atoms with Crippen molar-refractivity contribution in [3.63, 3.8) is 0 Å². The number of aliphatic hydroxyl groups is 1. The maximum absolute atomic E-state index is 13.3. The molecule has 198 valence electrons. The number of nitro groups is 1. The molecule has 2 saturated heterocycles. The van der Waals surface area contributed by atoms with Gasteiger partial charge in [-0.15, -0.1) is 0 Å². The number of fused-ring (bicyclic) bond motifs is 1. The zero-order chi connectivity index (χ0) is 27.0. The Bertz CT molecular complexity index is 1160. The van der Waals surface area contributed by atoms with E-state index in [0.29, 0.717) is 31.5 Å². The number of β-lactam (4-membered cyclic amide) rings is 1. The van der Waals surface area contributed by atoms with Crippen molar-refractivity contribution < 1.29 is 33.9 Å². The van der Waals surface area contributed by atoms with Gasteiger partial charge in [-0.1, -0.05) is 6.92 Å². The predicted molar refractivity (Wildman–Crippen MR) is 128 cm³/mol. The van der Waals surface area contributed by atoms with Crippen LogP contribution in [0.15, 0.2) is 35.5 Å². The van der Waals surface area contributed by atoms with Gasteiger partial charge in [0.05, 0.1) is 28.6 Å². The van der Waals surface area contributed by atoms with Crippen molar-refractivity contribution in [1.29, 1.82) is 0 Å². The summed E-state index contributed by atoms with van der Waals surface area (Å²) in [4.78, 5) is 63.6. The largest absolute Gasteiger partial charge is 0.393 e. The predicted octanol–water partition coefficient (Wildman–Crippen LogP) is 0.977. The molecule has 12 heteroatoms. The molecule has 37 heavy (non-hydrogen) atoms. The summed E-state index contributed by atoms with van der Waals surface area (Å²) in [5.74, 6) is -3.35. The number of primary amides is 1. The van der Waals surface area contributed by atoms with E-state index in [2.05, 4.69) is 4.90 Å². The molecule has 3 aliphatic rings. The molecule has 12 nitrogen and oxygen atoms in total. The lowest BCUT2D eigenvalue weighted by Crippen LogP contribution is -2.63. The molecule has 0 spiro atoms. The highest BCUT2D eigenvalue weighted by Crippen LogP contribution is 2.47. The number of carbonyl (C=O) groups is 4. The Morgan fingerprint density at radius 3 is 2.51 bits per heavy atom. The van der Waals surface area contributed by atoms with Crippen LogP contribution in [-0.2, 0) is 19.1 Å². The Labute approximate surface area is 213 Å². The molecular formula is C25H30N4O8. The molecule has 3 heterocycles. The van der Waals surface area contributed by atoms with E-state index in [9.17, 15) is 34.4 Å². The van der Waals surface area contributed by atoms with E-state index in [1.165, 1.54) is 24.0 Å². The van der Waals surface area contributed by atoms with Crippen LogP contribution < -0.4 is 5.73 Å². The quantitative estimate of drug-likeness (QED) is 0.160. The van der Waals surface area contributed by atoms with Crippen LogP contribution in [0.1, 0.15) is 43.5 Å². The summed E-state index contributed by atoms with van der Waals surface area (Å²) in [5.41, 5.74) is 5.67. The van der Waals surface area contributed by atoms with Crippen molar-refractivity contribution in [2.45, 2.75) is 45.3 Å². The van der Waals surface area contributed by atoms with Crippen LogP contribution >= 0.6 is 0 Å². The number of carbonyl (C=O) groups excluding carboxylic acids is 4. The van der Waals surface area contributed by atoms with Gasteiger partial charge in [-0.2, -0.15) is 0 Å². The number of nitrogens with two attached hydrogens (primary N) is 1. The van der Waals surface area contributed by atoms with Gasteiger partial charge in [-0.25, -0.2) is 9.59 Å². The number of hydrogen-bond donors (Lipinski definition) is 2. The third-order valence-electron chi connectivity index (χ3n) is 7.57. The molecule has 1 aromatic carbocycles. The molecule has 2 amide bonds.